The van der Waals surface area contributed by atoms with E-state index in [1.165, 1.54) is 12.7 Å². The predicted octanol–water partition coefficient (Wildman–Crippen LogP) is 3.94. The maximum absolute atomic E-state index is 12.6. The maximum atomic E-state index is 12.6. The monoisotopic (exact) mass is 397 g/mol. The summed E-state index contributed by atoms with van der Waals surface area (Å²) >= 11 is 0. The number of furan rings is 1. The molecular weight excluding hydrogens is 366 g/mol. The van der Waals surface area contributed by atoms with Crippen LogP contribution in [-0.2, 0) is 0 Å². The Labute approximate surface area is 172 Å². The molecule has 3 rings (SSSR count). The number of hydrogen-bond acceptors (Lipinski definition) is 4. The Morgan fingerprint density at radius 2 is 1.86 bits per heavy atom. The zero-order valence-electron chi connectivity index (χ0n) is 17.4. The van der Waals surface area contributed by atoms with E-state index < -0.39 is 0 Å². The average molecular weight is 398 g/mol. The quantitative estimate of drug-likeness (QED) is 0.733. The zero-order valence-corrected chi connectivity index (χ0v) is 17.4. The molecule has 2 aromatic rings. The third-order valence-corrected chi connectivity index (χ3v) is 5.51. The van der Waals surface area contributed by atoms with Crippen LogP contribution in [0.1, 0.15) is 60.4 Å². The van der Waals surface area contributed by atoms with Gasteiger partial charge in [-0.1, -0.05) is 13.3 Å². The van der Waals surface area contributed by atoms with Gasteiger partial charge in [0.05, 0.1) is 6.26 Å². The first kappa shape index (κ1) is 21.0. The number of nitrogens with one attached hydrogen (secondary N) is 1. The summed E-state index contributed by atoms with van der Waals surface area (Å²) in [7, 11) is 0. The van der Waals surface area contributed by atoms with Crippen molar-refractivity contribution in [1.82, 2.24) is 10.2 Å². The van der Waals surface area contributed by atoms with Crippen LogP contribution >= 0.6 is 0 Å². The SMILES string of the molecule is CCCCN(CC)c1ccc(C(=O)NC2CCN(C(=O)c3ccco3)CC2)cc1. The Kier molecular flexibility index (Phi) is 7.33. The number of carbonyl (C=O) groups is 2. The Hall–Kier alpha value is -2.76. The molecular formula is C23H31N3O3. The van der Waals surface area contributed by atoms with Crippen molar-refractivity contribution in [3.05, 3.63) is 54.0 Å². The van der Waals surface area contributed by atoms with E-state index in [-0.39, 0.29) is 17.9 Å². The largest absolute Gasteiger partial charge is 0.459 e. The summed E-state index contributed by atoms with van der Waals surface area (Å²) in [6.07, 6.45) is 5.34. The lowest BCUT2D eigenvalue weighted by Gasteiger charge is -2.32. The van der Waals surface area contributed by atoms with Gasteiger partial charge in [0.2, 0.25) is 0 Å². The van der Waals surface area contributed by atoms with E-state index in [1.807, 2.05) is 24.3 Å². The first-order valence-corrected chi connectivity index (χ1v) is 10.6. The lowest BCUT2D eigenvalue weighted by atomic mass is 10.0. The van der Waals surface area contributed by atoms with Crippen LogP contribution < -0.4 is 10.2 Å². The lowest BCUT2D eigenvalue weighted by molar-refractivity contribution is 0.0667. The highest BCUT2D eigenvalue weighted by Crippen LogP contribution is 2.18. The van der Waals surface area contributed by atoms with Crippen molar-refractivity contribution >= 4 is 17.5 Å². The Bertz CT molecular complexity index is 778. The fraction of sp³-hybridized carbons (Fsp3) is 0.478. The highest BCUT2D eigenvalue weighted by Gasteiger charge is 2.26. The van der Waals surface area contributed by atoms with Crippen LogP contribution in [0.25, 0.3) is 0 Å². The second-order valence-corrected chi connectivity index (χ2v) is 7.50. The highest BCUT2D eigenvalue weighted by atomic mass is 16.3. The fourth-order valence-electron chi connectivity index (χ4n) is 3.69. The first-order chi connectivity index (χ1) is 14.1. The fourth-order valence-corrected chi connectivity index (χ4v) is 3.69. The molecule has 0 atom stereocenters. The number of piperidine rings is 1. The molecule has 6 nitrogen and oxygen atoms in total. The minimum Gasteiger partial charge on any atom is -0.459 e. The summed E-state index contributed by atoms with van der Waals surface area (Å²) in [5.74, 6) is 0.232. The Morgan fingerprint density at radius 3 is 2.45 bits per heavy atom. The number of rotatable bonds is 8. The molecule has 0 unspecified atom stereocenters. The summed E-state index contributed by atoms with van der Waals surface area (Å²) in [4.78, 5) is 29.1. The van der Waals surface area contributed by atoms with Gasteiger partial charge < -0.3 is 19.5 Å². The van der Waals surface area contributed by atoms with Crippen LogP contribution in [0.4, 0.5) is 5.69 Å². The molecule has 1 aliphatic heterocycles. The smallest absolute Gasteiger partial charge is 0.289 e. The second kappa shape index (κ2) is 10.1. The summed E-state index contributed by atoms with van der Waals surface area (Å²) in [6.45, 7) is 7.57. The van der Waals surface area contributed by atoms with E-state index in [9.17, 15) is 9.59 Å². The predicted molar refractivity (Wildman–Crippen MR) is 114 cm³/mol. The number of carbonyl (C=O) groups excluding carboxylic acids is 2. The molecule has 0 radical (unpaired) electrons. The van der Waals surface area contributed by atoms with Gasteiger partial charge in [-0.3, -0.25) is 9.59 Å². The molecule has 1 aromatic heterocycles. The highest BCUT2D eigenvalue weighted by molar-refractivity contribution is 5.95. The lowest BCUT2D eigenvalue weighted by Crippen LogP contribution is -2.46. The first-order valence-electron chi connectivity index (χ1n) is 10.6. The van der Waals surface area contributed by atoms with E-state index in [1.54, 1.807) is 17.0 Å². The third kappa shape index (κ3) is 5.40. The van der Waals surface area contributed by atoms with Gasteiger partial charge in [-0.05, 0) is 62.6 Å². The topological polar surface area (TPSA) is 65.8 Å². The van der Waals surface area contributed by atoms with Gasteiger partial charge in [-0.2, -0.15) is 0 Å². The van der Waals surface area contributed by atoms with Crippen molar-refractivity contribution in [3.8, 4) is 0 Å². The molecule has 1 aliphatic rings. The van der Waals surface area contributed by atoms with Crippen LogP contribution in [0.2, 0.25) is 0 Å². The van der Waals surface area contributed by atoms with Gasteiger partial charge in [0.15, 0.2) is 5.76 Å². The Balaban J connectivity index is 1.50. The molecule has 0 aliphatic carbocycles. The van der Waals surface area contributed by atoms with Crippen molar-refractivity contribution in [2.24, 2.45) is 0 Å². The van der Waals surface area contributed by atoms with Crippen LogP contribution in [-0.4, -0.2) is 48.9 Å². The standard InChI is InChI=1S/C23H31N3O3/c1-3-5-14-25(4-2)20-10-8-18(9-11-20)22(27)24-19-12-15-26(16-13-19)23(28)21-7-6-17-29-21/h6-11,17,19H,3-5,12-16H2,1-2H3,(H,24,27). The summed E-state index contributed by atoms with van der Waals surface area (Å²) in [6, 6.07) is 11.3. The molecule has 1 fully saturated rings. The van der Waals surface area contributed by atoms with Gasteiger partial charge in [0.1, 0.15) is 0 Å². The number of unbranched alkanes of at least 4 members (excludes halogenated alkanes) is 1. The number of benzene rings is 1. The third-order valence-electron chi connectivity index (χ3n) is 5.51. The van der Waals surface area contributed by atoms with Crippen LogP contribution in [0, 0.1) is 0 Å². The number of amides is 2. The molecule has 1 N–H and O–H groups in total. The van der Waals surface area contributed by atoms with Gasteiger partial charge >= 0.3 is 0 Å². The number of anilines is 1. The molecule has 0 spiro atoms. The maximum Gasteiger partial charge on any atom is 0.289 e. The van der Waals surface area contributed by atoms with Crippen LogP contribution in [0.15, 0.2) is 47.1 Å². The summed E-state index contributed by atoms with van der Waals surface area (Å²) in [5, 5.41) is 3.11. The molecule has 2 amide bonds. The molecule has 6 heteroatoms. The van der Waals surface area contributed by atoms with Gasteiger partial charge in [0.25, 0.3) is 11.8 Å². The summed E-state index contributed by atoms with van der Waals surface area (Å²) in [5.41, 5.74) is 1.83. The minimum absolute atomic E-state index is 0.0519. The van der Waals surface area contributed by atoms with Crippen LogP contribution in [0.5, 0.6) is 0 Å². The van der Waals surface area contributed by atoms with Crippen molar-refractivity contribution in [1.29, 1.82) is 0 Å². The average Bonchev–Trinajstić information content (AvgIpc) is 3.30. The van der Waals surface area contributed by atoms with E-state index in [0.29, 0.717) is 24.4 Å². The van der Waals surface area contributed by atoms with E-state index in [0.717, 1.165) is 38.0 Å². The summed E-state index contributed by atoms with van der Waals surface area (Å²) < 4.78 is 5.19. The molecule has 0 saturated carbocycles. The van der Waals surface area contributed by atoms with E-state index in [4.69, 9.17) is 4.42 Å². The zero-order chi connectivity index (χ0) is 20.6. The normalized spacial score (nSPS) is 14.6. The Morgan fingerprint density at radius 1 is 1.14 bits per heavy atom. The number of hydrogen-bond donors (Lipinski definition) is 1. The molecule has 156 valence electrons. The van der Waals surface area contributed by atoms with Crippen molar-refractivity contribution in [2.45, 2.75) is 45.6 Å². The minimum atomic E-state index is -0.0843. The second-order valence-electron chi connectivity index (χ2n) is 7.50. The molecule has 1 aromatic carbocycles. The van der Waals surface area contributed by atoms with E-state index >= 15 is 0 Å². The molecule has 1 saturated heterocycles. The van der Waals surface area contributed by atoms with Gasteiger partial charge in [-0.15, -0.1) is 0 Å². The van der Waals surface area contributed by atoms with Crippen LogP contribution in [0.3, 0.4) is 0 Å². The number of likely N-dealkylation sites (tertiary alicyclic amines) is 1. The molecule has 0 bridgehead atoms. The van der Waals surface area contributed by atoms with E-state index in [2.05, 4.69) is 24.1 Å². The van der Waals surface area contributed by atoms with Crippen molar-refractivity contribution < 1.29 is 14.0 Å². The number of nitrogens with zero attached hydrogens (tertiary/aromatic N) is 2. The van der Waals surface area contributed by atoms with Crippen molar-refractivity contribution in [2.75, 3.05) is 31.1 Å². The molecule has 2 heterocycles. The van der Waals surface area contributed by atoms with Crippen molar-refractivity contribution in [3.63, 3.8) is 0 Å². The van der Waals surface area contributed by atoms with Gasteiger partial charge in [0, 0.05) is 43.5 Å². The molecule has 29 heavy (non-hydrogen) atoms. The van der Waals surface area contributed by atoms with Gasteiger partial charge in [-0.25, -0.2) is 0 Å².